The highest BCUT2D eigenvalue weighted by Gasteiger charge is 2.29. The van der Waals surface area contributed by atoms with Gasteiger partial charge in [-0.05, 0) is 37.3 Å². The molecule has 25 heavy (non-hydrogen) atoms. The summed E-state index contributed by atoms with van der Waals surface area (Å²) < 4.78 is 5.70. The van der Waals surface area contributed by atoms with Crippen molar-refractivity contribution in [2.75, 3.05) is 18.4 Å². The van der Waals surface area contributed by atoms with Crippen molar-refractivity contribution in [3.05, 3.63) is 30.3 Å². The Morgan fingerprint density at radius 1 is 1.16 bits per heavy atom. The Morgan fingerprint density at radius 3 is 2.76 bits per heavy atom. The molecule has 1 saturated heterocycles. The van der Waals surface area contributed by atoms with Crippen LogP contribution in [0.5, 0.6) is 0 Å². The lowest BCUT2D eigenvalue weighted by atomic mass is 10.0. The van der Waals surface area contributed by atoms with Gasteiger partial charge in [0.05, 0.1) is 0 Å². The summed E-state index contributed by atoms with van der Waals surface area (Å²) in [5.41, 5.74) is 0.905. The molecule has 132 valence electrons. The molecule has 1 aromatic carbocycles. The molecule has 0 spiro atoms. The first-order chi connectivity index (χ1) is 12.3. The van der Waals surface area contributed by atoms with E-state index in [9.17, 15) is 4.79 Å². The van der Waals surface area contributed by atoms with Gasteiger partial charge in [-0.1, -0.05) is 36.1 Å². The van der Waals surface area contributed by atoms with Crippen molar-refractivity contribution in [2.24, 2.45) is 5.92 Å². The maximum absolute atomic E-state index is 12.4. The van der Waals surface area contributed by atoms with Crippen molar-refractivity contribution < 1.29 is 9.21 Å². The molecule has 2 fully saturated rings. The van der Waals surface area contributed by atoms with Crippen molar-refractivity contribution in [3.63, 3.8) is 0 Å². The first-order valence-corrected chi connectivity index (χ1v) is 9.21. The number of carbonyl (C=O) groups is 1. The van der Waals surface area contributed by atoms with Crippen LogP contribution in [0, 0.1) is 5.92 Å². The molecule has 2 heterocycles. The van der Waals surface area contributed by atoms with Crippen LogP contribution >= 0.6 is 0 Å². The minimum absolute atomic E-state index is 0.177. The number of nitrogens with one attached hydrogen (secondary N) is 1. The van der Waals surface area contributed by atoms with Crippen LogP contribution < -0.4 is 5.32 Å². The normalized spacial score (nSPS) is 21.0. The Morgan fingerprint density at radius 2 is 1.96 bits per heavy atom. The number of aromatic nitrogens is 2. The number of likely N-dealkylation sites (tertiary alicyclic amines) is 1. The van der Waals surface area contributed by atoms with Crippen molar-refractivity contribution >= 4 is 11.9 Å². The molecule has 6 nitrogen and oxygen atoms in total. The zero-order valence-corrected chi connectivity index (χ0v) is 14.4. The maximum Gasteiger partial charge on any atom is 0.316 e. The summed E-state index contributed by atoms with van der Waals surface area (Å²) in [5, 5.41) is 11.4. The zero-order chi connectivity index (χ0) is 17.1. The molecule has 1 saturated carbocycles. The number of anilines is 1. The van der Waals surface area contributed by atoms with E-state index in [0.717, 1.165) is 18.5 Å². The molecule has 0 bridgehead atoms. The molecular formula is C19H24N4O2. The van der Waals surface area contributed by atoms with Gasteiger partial charge in [0, 0.05) is 31.1 Å². The number of nitrogens with zero attached hydrogens (tertiary/aromatic N) is 3. The fourth-order valence-electron chi connectivity index (χ4n) is 3.85. The molecule has 1 unspecified atom stereocenters. The quantitative estimate of drug-likeness (QED) is 0.904. The van der Waals surface area contributed by atoms with Gasteiger partial charge in [-0.3, -0.25) is 4.79 Å². The summed E-state index contributed by atoms with van der Waals surface area (Å²) in [4.78, 5) is 14.4. The number of carbonyl (C=O) groups excluding carboxylic acids is 1. The fraction of sp³-hybridized carbons (Fsp3) is 0.526. The standard InChI is InChI=1S/C19H24N4O2/c24-17(12-14-6-4-5-7-14)23-11-10-16(13-23)20-19-22-21-18(25-19)15-8-2-1-3-9-15/h1-3,8-9,14,16H,4-7,10-13H2,(H,20,22). The SMILES string of the molecule is O=C(CC1CCCC1)N1CCC(Nc2nnc(-c3ccccc3)o2)C1. The van der Waals surface area contributed by atoms with Gasteiger partial charge in [-0.25, -0.2) is 0 Å². The topological polar surface area (TPSA) is 71.3 Å². The molecule has 2 aliphatic rings. The Hall–Kier alpha value is -2.37. The van der Waals surface area contributed by atoms with Crippen LogP contribution in [-0.4, -0.2) is 40.1 Å². The van der Waals surface area contributed by atoms with Gasteiger partial charge in [0.2, 0.25) is 11.8 Å². The third-order valence-electron chi connectivity index (χ3n) is 5.25. The molecule has 1 aliphatic carbocycles. The van der Waals surface area contributed by atoms with Gasteiger partial charge in [0.15, 0.2) is 0 Å². The second kappa shape index (κ2) is 7.25. The molecule has 0 radical (unpaired) electrons. The van der Waals surface area contributed by atoms with Gasteiger partial charge in [-0.2, -0.15) is 0 Å². The summed E-state index contributed by atoms with van der Waals surface area (Å²) >= 11 is 0. The molecule has 2 aromatic rings. The van der Waals surface area contributed by atoms with E-state index in [0.29, 0.717) is 36.7 Å². The zero-order valence-electron chi connectivity index (χ0n) is 14.4. The lowest BCUT2D eigenvalue weighted by molar-refractivity contribution is -0.131. The maximum atomic E-state index is 12.4. The third kappa shape index (κ3) is 3.83. The Balaban J connectivity index is 1.30. The minimum atomic E-state index is 0.177. The summed E-state index contributed by atoms with van der Waals surface area (Å²) in [6.07, 6.45) is 6.62. The molecule has 1 atom stereocenters. The second-order valence-electron chi connectivity index (χ2n) is 7.10. The van der Waals surface area contributed by atoms with Gasteiger partial charge in [0.25, 0.3) is 0 Å². The van der Waals surface area contributed by atoms with Crippen LogP contribution in [0.15, 0.2) is 34.7 Å². The lowest BCUT2D eigenvalue weighted by Gasteiger charge is -2.18. The molecule has 1 aliphatic heterocycles. The molecular weight excluding hydrogens is 316 g/mol. The van der Waals surface area contributed by atoms with Crippen LogP contribution in [-0.2, 0) is 4.79 Å². The van der Waals surface area contributed by atoms with E-state index in [1.54, 1.807) is 0 Å². The third-order valence-corrected chi connectivity index (χ3v) is 5.25. The largest absolute Gasteiger partial charge is 0.403 e. The first-order valence-electron chi connectivity index (χ1n) is 9.21. The van der Waals surface area contributed by atoms with Crippen LogP contribution in [0.3, 0.4) is 0 Å². The highest BCUT2D eigenvalue weighted by atomic mass is 16.4. The summed E-state index contributed by atoms with van der Waals surface area (Å²) in [7, 11) is 0. The summed E-state index contributed by atoms with van der Waals surface area (Å²) in [6.45, 7) is 1.53. The monoisotopic (exact) mass is 340 g/mol. The average molecular weight is 340 g/mol. The van der Waals surface area contributed by atoms with Crippen LogP contribution in [0.4, 0.5) is 6.01 Å². The van der Waals surface area contributed by atoms with E-state index in [1.165, 1.54) is 25.7 Å². The number of amides is 1. The van der Waals surface area contributed by atoms with Crippen molar-refractivity contribution in [2.45, 2.75) is 44.6 Å². The predicted molar refractivity (Wildman–Crippen MR) is 94.9 cm³/mol. The van der Waals surface area contributed by atoms with E-state index >= 15 is 0 Å². The van der Waals surface area contributed by atoms with E-state index in [4.69, 9.17) is 4.42 Å². The van der Waals surface area contributed by atoms with Crippen LogP contribution in [0.25, 0.3) is 11.5 Å². The first kappa shape index (κ1) is 16.1. The van der Waals surface area contributed by atoms with E-state index in [1.807, 2.05) is 35.2 Å². The van der Waals surface area contributed by atoms with Crippen molar-refractivity contribution in [3.8, 4) is 11.5 Å². The predicted octanol–water partition coefficient (Wildman–Crippen LogP) is 3.33. The van der Waals surface area contributed by atoms with Gasteiger partial charge >= 0.3 is 6.01 Å². The molecule has 1 N–H and O–H groups in total. The number of hydrogen-bond acceptors (Lipinski definition) is 5. The van der Waals surface area contributed by atoms with E-state index in [-0.39, 0.29) is 6.04 Å². The Labute approximate surface area is 147 Å². The van der Waals surface area contributed by atoms with Crippen molar-refractivity contribution in [1.82, 2.24) is 15.1 Å². The Kier molecular flexibility index (Phi) is 4.68. The molecule has 4 rings (SSSR count). The summed E-state index contributed by atoms with van der Waals surface area (Å²) in [6, 6.07) is 10.3. The van der Waals surface area contributed by atoms with Gasteiger partial charge in [-0.15, -0.1) is 5.10 Å². The molecule has 6 heteroatoms. The smallest absolute Gasteiger partial charge is 0.316 e. The number of rotatable bonds is 5. The highest BCUT2D eigenvalue weighted by molar-refractivity contribution is 5.77. The fourth-order valence-corrected chi connectivity index (χ4v) is 3.85. The lowest BCUT2D eigenvalue weighted by Crippen LogP contribution is -2.32. The van der Waals surface area contributed by atoms with Gasteiger partial charge in [0.1, 0.15) is 0 Å². The summed E-state index contributed by atoms with van der Waals surface area (Å²) in [5.74, 6) is 1.41. The van der Waals surface area contributed by atoms with E-state index < -0.39 is 0 Å². The van der Waals surface area contributed by atoms with Crippen molar-refractivity contribution in [1.29, 1.82) is 0 Å². The average Bonchev–Trinajstić information content (AvgIpc) is 3.38. The number of benzene rings is 1. The highest BCUT2D eigenvalue weighted by Crippen LogP contribution is 2.29. The minimum Gasteiger partial charge on any atom is -0.403 e. The second-order valence-corrected chi connectivity index (χ2v) is 7.10. The van der Waals surface area contributed by atoms with Gasteiger partial charge < -0.3 is 14.6 Å². The van der Waals surface area contributed by atoms with E-state index in [2.05, 4.69) is 15.5 Å². The molecule has 1 amide bonds. The Bertz CT molecular complexity index is 709. The molecule has 1 aromatic heterocycles. The van der Waals surface area contributed by atoms with Crippen LogP contribution in [0.2, 0.25) is 0 Å². The van der Waals surface area contributed by atoms with Crippen LogP contribution in [0.1, 0.15) is 38.5 Å². The number of hydrogen-bond donors (Lipinski definition) is 1.